The smallest absolute Gasteiger partial charge is 0.142 e. The number of aromatic nitrogens is 1. The van der Waals surface area contributed by atoms with Crippen LogP contribution in [0.15, 0.2) is 60.8 Å². The lowest BCUT2D eigenvalue weighted by molar-refractivity contribution is 0.419. The fraction of sp³-hybridized carbons (Fsp3) is 0.333. The molecule has 2 N–H and O–H groups in total. The average Bonchev–Trinajstić information content (AvgIpc) is 3.22. The average molecular weight is 361 g/mol. The second kappa shape index (κ2) is 8.45. The van der Waals surface area contributed by atoms with Crippen molar-refractivity contribution in [3.05, 3.63) is 71.9 Å². The zero-order chi connectivity index (χ0) is 18.5. The number of hydrogen-bond acceptors (Lipinski definition) is 2. The van der Waals surface area contributed by atoms with Gasteiger partial charge in [0.2, 0.25) is 0 Å². The molecule has 1 aliphatic rings. The number of hydrogen-bond donors (Lipinski definition) is 2. The van der Waals surface area contributed by atoms with Crippen LogP contribution in [0.1, 0.15) is 36.8 Å². The molecule has 1 aromatic heterocycles. The van der Waals surface area contributed by atoms with Crippen LogP contribution in [0.4, 0.5) is 0 Å². The van der Waals surface area contributed by atoms with Crippen molar-refractivity contribution >= 4 is 16.5 Å². The highest BCUT2D eigenvalue weighted by atomic mass is 16.5. The van der Waals surface area contributed by atoms with Gasteiger partial charge in [-0.2, -0.15) is 0 Å². The summed E-state index contributed by atoms with van der Waals surface area (Å²) in [7, 11) is 1.73. The molecule has 2 aromatic carbocycles. The molecule has 1 aliphatic heterocycles. The van der Waals surface area contributed by atoms with Crippen molar-refractivity contribution in [1.82, 2.24) is 10.3 Å². The third-order valence-electron chi connectivity index (χ3n) is 5.61. The van der Waals surface area contributed by atoms with Crippen molar-refractivity contribution in [1.29, 1.82) is 0 Å². The SMILES string of the molecule is COc1ccc(CCCCC2CC(c3ccccc3)=CCN2)c2cc[nH]c12. The predicted molar refractivity (Wildman–Crippen MR) is 113 cm³/mol. The molecule has 3 nitrogen and oxygen atoms in total. The summed E-state index contributed by atoms with van der Waals surface area (Å²) >= 11 is 0. The topological polar surface area (TPSA) is 37.0 Å². The first kappa shape index (κ1) is 17.9. The van der Waals surface area contributed by atoms with E-state index >= 15 is 0 Å². The number of methoxy groups -OCH3 is 1. The molecule has 0 amide bonds. The summed E-state index contributed by atoms with van der Waals surface area (Å²) in [5, 5.41) is 4.95. The molecule has 1 unspecified atom stereocenters. The number of nitrogens with one attached hydrogen (secondary N) is 2. The van der Waals surface area contributed by atoms with Gasteiger partial charge in [-0.15, -0.1) is 0 Å². The predicted octanol–water partition coefficient (Wildman–Crippen LogP) is 5.33. The van der Waals surface area contributed by atoms with Gasteiger partial charge in [0.1, 0.15) is 5.75 Å². The highest BCUT2D eigenvalue weighted by Gasteiger charge is 2.15. The number of aryl methyl sites for hydroxylation is 1. The molecule has 0 saturated heterocycles. The molecule has 0 saturated carbocycles. The van der Waals surface area contributed by atoms with Crippen molar-refractivity contribution in [2.24, 2.45) is 0 Å². The third kappa shape index (κ3) is 4.09. The Hall–Kier alpha value is -2.52. The zero-order valence-corrected chi connectivity index (χ0v) is 16.0. The largest absolute Gasteiger partial charge is 0.495 e. The lowest BCUT2D eigenvalue weighted by Crippen LogP contribution is -2.32. The maximum absolute atomic E-state index is 5.45. The molecule has 1 atom stereocenters. The molecule has 0 fully saturated rings. The van der Waals surface area contributed by atoms with E-state index < -0.39 is 0 Å². The summed E-state index contributed by atoms with van der Waals surface area (Å²) in [6.45, 7) is 0.983. The van der Waals surface area contributed by atoms with Gasteiger partial charge >= 0.3 is 0 Å². The number of fused-ring (bicyclic) bond motifs is 1. The normalized spacial score (nSPS) is 17.1. The molecule has 0 bridgehead atoms. The molecule has 0 radical (unpaired) electrons. The van der Waals surface area contributed by atoms with Gasteiger partial charge in [0.15, 0.2) is 0 Å². The quantitative estimate of drug-likeness (QED) is 0.558. The summed E-state index contributed by atoms with van der Waals surface area (Å²) in [4.78, 5) is 3.30. The molecule has 3 heteroatoms. The Morgan fingerprint density at radius 1 is 1.04 bits per heavy atom. The minimum atomic E-state index is 0.591. The first-order chi connectivity index (χ1) is 13.3. The van der Waals surface area contributed by atoms with Crippen LogP contribution in [0.5, 0.6) is 5.75 Å². The summed E-state index contributed by atoms with van der Waals surface area (Å²) in [6, 6.07) is 17.8. The summed E-state index contributed by atoms with van der Waals surface area (Å²) in [5.74, 6) is 0.922. The van der Waals surface area contributed by atoms with Crippen LogP contribution >= 0.6 is 0 Å². The van der Waals surface area contributed by atoms with Crippen LogP contribution in [0.3, 0.4) is 0 Å². The van der Waals surface area contributed by atoms with Gasteiger partial charge in [0.25, 0.3) is 0 Å². The van der Waals surface area contributed by atoms with Crippen molar-refractivity contribution < 1.29 is 4.74 Å². The monoisotopic (exact) mass is 360 g/mol. The summed E-state index contributed by atoms with van der Waals surface area (Å²) in [6.07, 6.45) is 10.3. The maximum atomic E-state index is 5.45. The first-order valence-electron chi connectivity index (χ1n) is 9.96. The van der Waals surface area contributed by atoms with Gasteiger partial charge < -0.3 is 15.0 Å². The molecule has 2 heterocycles. The van der Waals surface area contributed by atoms with Crippen LogP contribution in [0.25, 0.3) is 16.5 Å². The van der Waals surface area contributed by atoms with Gasteiger partial charge in [-0.1, -0.05) is 48.9 Å². The molecular weight excluding hydrogens is 332 g/mol. The minimum absolute atomic E-state index is 0.591. The van der Waals surface area contributed by atoms with Crippen molar-refractivity contribution in [2.75, 3.05) is 13.7 Å². The Morgan fingerprint density at radius 3 is 2.78 bits per heavy atom. The number of benzene rings is 2. The standard InChI is InChI=1S/C24H28N2O/c1-27-23-12-11-19(22-14-16-26-24(22)23)9-5-6-10-21-17-20(13-15-25-21)18-7-3-2-4-8-18/h2-4,7-8,11-14,16,21,25-26H,5-6,9-10,15,17H2,1H3. The van der Waals surface area contributed by atoms with E-state index in [1.165, 1.54) is 41.3 Å². The number of unbranched alkanes of at least 4 members (excludes halogenated alkanes) is 1. The number of aromatic amines is 1. The molecular formula is C24H28N2O. The van der Waals surface area contributed by atoms with E-state index in [1.54, 1.807) is 7.11 Å². The van der Waals surface area contributed by atoms with Crippen LogP contribution in [0.2, 0.25) is 0 Å². The molecule has 27 heavy (non-hydrogen) atoms. The van der Waals surface area contributed by atoms with Gasteiger partial charge in [-0.25, -0.2) is 0 Å². The first-order valence-corrected chi connectivity index (χ1v) is 9.96. The lowest BCUT2D eigenvalue weighted by Gasteiger charge is -2.24. The van der Waals surface area contributed by atoms with Crippen molar-refractivity contribution in [2.45, 2.75) is 38.1 Å². The van der Waals surface area contributed by atoms with Gasteiger partial charge in [0, 0.05) is 24.2 Å². The van der Waals surface area contributed by atoms with E-state index in [9.17, 15) is 0 Å². The number of rotatable bonds is 7. The summed E-state index contributed by atoms with van der Waals surface area (Å²) < 4.78 is 5.45. The fourth-order valence-corrected chi connectivity index (χ4v) is 4.15. The molecule has 0 aliphatic carbocycles. The Labute approximate surface area is 161 Å². The fourth-order valence-electron chi connectivity index (χ4n) is 4.15. The Kier molecular flexibility index (Phi) is 5.59. The Balaban J connectivity index is 1.30. The van der Waals surface area contributed by atoms with E-state index in [-0.39, 0.29) is 0 Å². The van der Waals surface area contributed by atoms with Crippen LogP contribution in [-0.2, 0) is 6.42 Å². The molecule has 140 valence electrons. The van der Waals surface area contributed by atoms with Crippen molar-refractivity contribution in [3.8, 4) is 5.75 Å². The van der Waals surface area contributed by atoms with Crippen LogP contribution < -0.4 is 10.1 Å². The summed E-state index contributed by atoms with van der Waals surface area (Å²) in [5.41, 5.74) is 5.38. The third-order valence-corrected chi connectivity index (χ3v) is 5.61. The molecule has 3 aromatic rings. The van der Waals surface area contributed by atoms with Crippen molar-refractivity contribution in [3.63, 3.8) is 0 Å². The molecule has 4 rings (SSSR count). The van der Waals surface area contributed by atoms with E-state index in [0.29, 0.717) is 6.04 Å². The molecule has 0 spiro atoms. The van der Waals surface area contributed by atoms with E-state index in [1.807, 2.05) is 6.20 Å². The van der Waals surface area contributed by atoms with E-state index in [0.717, 1.165) is 30.7 Å². The second-order valence-corrected chi connectivity index (χ2v) is 7.34. The Morgan fingerprint density at radius 2 is 1.93 bits per heavy atom. The van der Waals surface area contributed by atoms with Gasteiger partial charge in [-0.05, 0) is 54.5 Å². The van der Waals surface area contributed by atoms with Crippen LogP contribution in [-0.4, -0.2) is 24.7 Å². The van der Waals surface area contributed by atoms with E-state index in [4.69, 9.17) is 4.74 Å². The Bertz CT molecular complexity index is 911. The minimum Gasteiger partial charge on any atom is -0.495 e. The van der Waals surface area contributed by atoms with Crippen LogP contribution in [0, 0.1) is 0 Å². The maximum Gasteiger partial charge on any atom is 0.142 e. The number of ether oxygens (including phenoxy) is 1. The number of H-pyrrole nitrogens is 1. The highest BCUT2D eigenvalue weighted by Crippen LogP contribution is 2.29. The van der Waals surface area contributed by atoms with Gasteiger partial charge in [-0.3, -0.25) is 0 Å². The highest BCUT2D eigenvalue weighted by molar-refractivity contribution is 5.88. The second-order valence-electron chi connectivity index (χ2n) is 7.34. The zero-order valence-electron chi connectivity index (χ0n) is 16.0. The van der Waals surface area contributed by atoms with E-state index in [2.05, 4.69) is 64.9 Å². The lowest BCUT2D eigenvalue weighted by atomic mass is 9.92. The van der Waals surface area contributed by atoms with Gasteiger partial charge in [0.05, 0.1) is 12.6 Å².